The predicted molar refractivity (Wildman–Crippen MR) is 183 cm³/mol. The maximum absolute atomic E-state index is 13.4. The van der Waals surface area contributed by atoms with E-state index < -0.39 is 5.60 Å². The van der Waals surface area contributed by atoms with Gasteiger partial charge in [-0.05, 0) is 63.8 Å². The number of nitrogens with zero attached hydrogens (tertiary/aromatic N) is 5. The Bertz CT molecular complexity index is 1470. The van der Waals surface area contributed by atoms with Crippen molar-refractivity contribution in [1.82, 2.24) is 20.1 Å². The fraction of sp³-hybridized carbons (Fsp3) is 0.611. The van der Waals surface area contributed by atoms with Crippen molar-refractivity contribution in [3.05, 3.63) is 52.7 Å². The monoisotopic (exact) mass is 664 g/mol. The average molecular weight is 665 g/mol. The molecule has 1 saturated carbocycles. The molecule has 0 bridgehead atoms. The van der Waals surface area contributed by atoms with Crippen LogP contribution in [0.2, 0.25) is 5.02 Å². The van der Waals surface area contributed by atoms with Gasteiger partial charge in [0.25, 0.3) is 5.91 Å². The molecule has 1 N–H and O–H groups in total. The third-order valence-electron chi connectivity index (χ3n) is 9.92. The van der Waals surface area contributed by atoms with Gasteiger partial charge in [0.05, 0.1) is 16.1 Å². The Kier molecular flexibility index (Phi) is 10.0. The Balaban J connectivity index is 1.08. The molecular weight excluding hydrogens is 616 g/mol. The van der Waals surface area contributed by atoms with E-state index in [1.165, 1.54) is 0 Å². The molecule has 3 aliphatic rings. The van der Waals surface area contributed by atoms with Gasteiger partial charge in [0.2, 0.25) is 0 Å². The van der Waals surface area contributed by atoms with Crippen LogP contribution in [0.15, 0.2) is 36.5 Å². The zero-order chi connectivity index (χ0) is 34.1. The van der Waals surface area contributed by atoms with E-state index >= 15 is 0 Å². The number of pyridine rings is 1. The number of piperidine rings is 1. The van der Waals surface area contributed by atoms with E-state index in [0.717, 1.165) is 64.5 Å². The summed E-state index contributed by atoms with van der Waals surface area (Å²) < 4.78 is 11.9. The second-order valence-corrected chi connectivity index (χ2v) is 15.8. The minimum absolute atomic E-state index is 0.126. The van der Waals surface area contributed by atoms with Crippen LogP contribution in [0.3, 0.4) is 0 Å². The molecular formula is C36H49ClN6O4. The van der Waals surface area contributed by atoms with Crippen molar-refractivity contribution in [3.8, 4) is 11.8 Å². The molecule has 11 heteroatoms. The second kappa shape index (κ2) is 13.5. The summed E-state index contributed by atoms with van der Waals surface area (Å²) in [5.41, 5.74) is -0.224. The highest BCUT2D eigenvalue weighted by Gasteiger charge is 2.64. The predicted octanol–water partition coefficient (Wildman–Crippen LogP) is 5.99. The molecule has 3 fully saturated rings. The number of anilines is 1. The number of carbonyl (C=O) groups excluding carboxylic acids is 2. The molecule has 1 aromatic carbocycles. The number of ether oxygens (including phenoxy) is 2. The Labute approximate surface area is 284 Å². The van der Waals surface area contributed by atoms with Crippen LogP contribution in [-0.2, 0) is 4.74 Å². The molecule has 10 nitrogen and oxygen atoms in total. The maximum Gasteiger partial charge on any atom is 0.410 e. The Morgan fingerprint density at radius 2 is 1.68 bits per heavy atom. The second-order valence-electron chi connectivity index (χ2n) is 15.4. The fourth-order valence-corrected chi connectivity index (χ4v) is 7.88. The number of piperazine rings is 1. The lowest BCUT2D eigenvalue weighted by Crippen LogP contribution is -2.74. The van der Waals surface area contributed by atoms with Gasteiger partial charge in [0.1, 0.15) is 29.3 Å². The van der Waals surface area contributed by atoms with E-state index in [9.17, 15) is 14.9 Å². The molecule has 2 amide bonds. The molecule has 5 rings (SSSR count). The Morgan fingerprint density at radius 1 is 1.02 bits per heavy atom. The van der Waals surface area contributed by atoms with E-state index in [2.05, 4.69) is 53.9 Å². The van der Waals surface area contributed by atoms with Gasteiger partial charge in [-0.1, -0.05) is 39.3 Å². The Hall–Kier alpha value is -3.55. The first-order chi connectivity index (χ1) is 22.1. The summed E-state index contributed by atoms with van der Waals surface area (Å²) in [5.74, 6) is 1.91. The average Bonchev–Trinajstić information content (AvgIpc) is 3.02. The summed E-state index contributed by atoms with van der Waals surface area (Å²) in [6, 6.07) is 10.8. The van der Waals surface area contributed by atoms with Gasteiger partial charge in [-0.25, -0.2) is 9.78 Å². The number of amides is 2. The summed E-state index contributed by atoms with van der Waals surface area (Å²) in [6.07, 6.45) is 3.29. The summed E-state index contributed by atoms with van der Waals surface area (Å²) in [7, 11) is 0. The number of halogens is 1. The summed E-state index contributed by atoms with van der Waals surface area (Å²) in [5, 5.41) is 12.8. The van der Waals surface area contributed by atoms with Crippen molar-refractivity contribution >= 4 is 29.4 Å². The molecule has 1 aromatic heterocycles. The Morgan fingerprint density at radius 3 is 2.23 bits per heavy atom. The van der Waals surface area contributed by atoms with Crippen molar-refractivity contribution < 1.29 is 19.1 Å². The van der Waals surface area contributed by atoms with Gasteiger partial charge in [-0.15, -0.1) is 0 Å². The number of aromatic nitrogens is 1. The van der Waals surface area contributed by atoms with Crippen LogP contribution in [0, 0.1) is 28.1 Å². The highest BCUT2D eigenvalue weighted by molar-refractivity contribution is 6.31. The number of hydrogen-bond acceptors (Lipinski definition) is 8. The van der Waals surface area contributed by atoms with Gasteiger partial charge in [0, 0.05) is 74.9 Å². The van der Waals surface area contributed by atoms with E-state index in [-0.39, 0.29) is 35.0 Å². The van der Waals surface area contributed by atoms with Crippen molar-refractivity contribution in [2.45, 2.75) is 79.1 Å². The van der Waals surface area contributed by atoms with Gasteiger partial charge in [0.15, 0.2) is 0 Å². The SMILES string of the molecule is CC(C)(C)OC(=O)N1CCC(CN2CCN(c3ccc(C(=O)N[C@H]4C(C)(C)[C@H](Oc5ccc(C#N)c(Cl)c5)C4(C)C)cn3)CC2)CC1. The first-order valence-electron chi connectivity index (χ1n) is 16.7. The summed E-state index contributed by atoms with van der Waals surface area (Å²) >= 11 is 6.23. The van der Waals surface area contributed by atoms with Crippen molar-refractivity contribution in [1.29, 1.82) is 5.26 Å². The zero-order valence-electron chi connectivity index (χ0n) is 28.8. The highest BCUT2D eigenvalue weighted by Crippen LogP contribution is 2.55. The lowest BCUT2D eigenvalue weighted by molar-refractivity contribution is -0.164. The van der Waals surface area contributed by atoms with E-state index in [1.54, 1.807) is 24.4 Å². The highest BCUT2D eigenvalue weighted by atomic mass is 35.5. The van der Waals surface area contributed by atoms with E-state index in [4.69, 9.17) is 21.1 Å². The van der Waals surface area contributed by atoms with Gasteiger partial charge >= 0.3 is 6.09 Å². The minimum Gasteiger partial charge on any atom is -0.489 e. The first-order valence-corrected chi connectivity index (χ1v) is 17.0. The molecule has 0 unspecified atom stereocenters. The van der Waals surface area contributed by atoms with Crippen LogP contribution in [-0.4, -0.2) is 90.3 Å². The molecule has 1 aliphatic carbocycles. The normalized spacial score (nSPS) is 23.0. The van der Waals surface area contributed by atoms with Gasteiger partial charge in [-0.2, -0.15) is 5.26 Å². The smallest absolute Gasteiger partial charge is 0.410 e. The van der Waals surface area contributed by atoms with Gasteiger partial charge in [-0.3, -0.25) is 9.69 Å². The zero-order valence-corrected chi connectivity index (χ0v) is 29.6. The number of rotatable bonds is 7. The first kappa shape index (κ1) is 34.8. The number of nitriles is 1. The molecule has 3 heterocycles. The molecule has 2 aliphatic heterocycles. The molecule has 2 aromatic rings. The molecule has 0 spiro atoms. The fourth-order valence-electron chi connectivity index (χ4n) is 7.67. The minimum atomic E-state index is -0.467. The van der Waals surface area contributed by atoms with Crippen LogP contribution in [0.1, 0.15) is 77.2 Å². The third kappa shape index (κ3) is 7.79. The lowest BCUT2D eigenvalue weighted by Gasteiger charge is -2.63. The van der Waals surface area contributed by atoms with Crippen molar-refractivity contribution in [2.75, 3.05) is 50.7 Å². The van der Waals surface area contributed by atoms with E-state index in [0.29, 0.717) is 27.8 Å². The molecule has 0 radical (unpaired) electrons. The summed E-state index contributed by atoms with van der Waals surface area (Å²) in [6.45, 7) is 20.3. The topological polar surface area (TPSA) is 111 Å². The van der Waals surface area contributed by atoms with Crippen molar-refractivity contribution in [2.24, 2.45) is 16.7 Å². The molecule has 47 heavy (non-hydrogen) atoms. The quantitative estimate of drug-likeness (QED) is 0.385. The number of likely N-dealkylation sites (tertiary alicyclic amines) is 1. The number of benzene rings is 1. The van der Waals surface area contributed by atoms with Crippen molar-refractivity contribution in [3.63, 3.8) is 0 Å². The van der Waals surface area contributed by atoms with Gasteiger partial charge < -0.3 is 24.6 Å². The summed E-state index contributed by atoms with van der Waals surface area (Å²) in [4.78, 5) is 37.0. The van der Waals surface area contributed by atoms with Crippen LogP contribution < -0.4 is 15.0 Å². The van der Waals surface area contributed by atoms with Crippen LogP contribution >= 0.6 is 11.6 Å². The van der Waals surface area contributed by atoms with E-state index in [1.807, 2.05) is 37.8 Å². The van der Waals surface area contributed by atoms with Crippen LogP contribution in [0.25, 0.3) is 0 Å². The number of hydrogen-bond donors (Lipinski definition) is 1. The van der Waals surface area contributed by atoms with Crippen LogP contribution in [0.4, 0.5) is 10.6 Å². The third-order valence-corrected chi connectivity index (χ3v) is 10.2. The maximum atomic E-state index is 13.4. The molecule has 254 valence electrons. The standard InChI is InChI=1S/C36H49ClN6O4/c1-34(2,3)47-33(45)43-14-12-24(13-15-43)23-41-16-18-42(19-17-41)29-11-9-26(22-39-29)30(44)40-31-35(4,5)32(36(31,6)7)46-27-10-8-25(21-38)28(37)20-27/h8-11,20,22,24,31-32H,12-19,23H2,1-7H3,(H,40,44)/t31-,32-. The lowest BCUT2D eigenvalue weighted by atomic mass is 9.49. The molecule has 2 saturated heterocycles. The number of carbonyl (C=O) groups is 2. The van der Waals surface area contributed by atoms with Crippen LogP contribution in [0.5, 0.6) is 5.75 Å². The largest absolute Gasteiger partial charge is 0.489 e. The number of nitrogens with one attached hydrogen (secondary N) is 1. The molecule has 0 atom stereocenters.